The number of fused-ring (bicyclic) bond motifs is 2. The molecule has 0 spiro atoms. The van der Waals surface area contributed by atoms with Crippen LogP contribution in [0.15, 0.2) is 54.6 Å². The summed E-state index contributed by atoms with van der Waals surface area (Å²) in [5.41, 5.74) is 20.0. The molecule has 0 aliphatic rings. The molecular formula is C21H19N3. The lowest BCUT2D eigenvalue weighted by Gasteiger charge is -2.14. The van der Waals surface area contributed by atoms with Gasteiger partial charge in [0.25, 0.3) is 0 Å². The maximum Gasteiger partial charge on any atom is 0.0736 e. The third kappa shape index (κ3) is 2.17. The highest BCUT2D eigenvalue weighted by atomic mass is 14.7. The standard InChI is InChI=1S/C21H19N3/c1-12-8-15-19(10-17(12)22)24-20-11-18(23)13(2)9-16(20)21(15)14-6-4-3-5-7-14/h3-11H,22-23H2,1-2H3. The fraction of sp³-hybridized carbons (Fsp3) is 0.0952. The van der Waals surface area contributed by atoms with Gasteiger partial charge >= 0.3 is 0 Å². The van der Waals surface area contributed by atoms with Crippen LogP contribution in [0.3, 0.4) is 0 Å². The first kappa shape index (κ1) is 14.5. The molecule has 0 fully saturated rings. The number of hydrogen-bond donors (Lipinski definition) is 2. The first-order valence-corrected chi connectivity index (χ1v) is 7.99. The molecule has 4 N–H and O–H groups in total. The molecule has 0 bridgehead atoms. The van der Waals surface area contributed by atoms with Crippen LogP contribution in [0.1, 0.15) is 11.1 Å². The van der Waals surface area contributed by atoms with Gasteiger partial charge in [0, 0.05) is 27.7 Å². The summed E-state index contributed by atoms with van der Waals surface area (Å²) in [6.45, 7) is 4.06. The quantitative estimate of drug-likeness (QED) is 0.390. The van der Waals surface area contributed by atoms with Crippen LogP contribution in [0, 0.1) is 13.8 Å². The van der Waals surface area contributed by atoms with Gasteiger partial charge in [-0.1, -0.05) is 30.3 Å². The smallest absolute Gasteiger partial charge is 0.0736 e. The summed E-state index contributed by atoms with van der Waals surface area (Å²) in [6.07, 6.45) is 0. The topological polar surface area (TPSA) is 64.9 Å². The van der Waals surface area contributed by atoms with Crippen LogP contribution in [0.5, 0.6) is 0 Å². The minimum Gasteiger partial charge on any atom is -0.398 e. The highest BCUT2D eigenvalue weighted by molar-refractivity contribution is 6.11. The van der Waals surface area contributed by atoms with E-state index >= 15 is 0 Å². The van der Waals surface area contributed by atoms with Gasteiger partial charge in [0.05, 0.1) is 11.0 Å². The average molecular weight is 313 g/mol. The molecule has 118 valence electrons. The molecule has 0 amide bonds. The SMILES string of the molecule is Cc1cc2c(-c3ccccc3)c3cc(C)c(N)cc3nc2cc1N. The number of rotatable bonds is 1. The van der Waals surface area contributed by atoms with Crippen molar-refractivity contribution in [1.82, 2.24) is 4.98 Å². The van der Waals surface area contributed by atoms with Crippen LogP contribution < -0.4 is 11.5 Å². The van der Waals surface area contributed by atoms with Gasteiger partial charge in [0.1, 0.15) is 0 Å². The van der Waals surface area contributed by atoms with Crippen LogP contribution in [-0.2, 0) is 0 Å². The number of nitrogens with zero attached hydrogens (tertiary/aromatic N) is 1. The summed E-state index contributed by atoms with van der Waals surface area (Å²) >= 11 is 0. The van der Waals surface area contributed by atoms with Crippen molar-refractivity contribution < 1.29 is 0 Å². The van der Waals surface area contributed by atoms with Gasteiger partial charge in [-0.3, -0.25) is 0 Å². The van der Waals surface area contributed by atoms with E-state index in [1.54, 1.807) is 0 Å². The van der Waals surface area contributed by atoms with Crippen molar-refractivity contribution in [2.24, 2.45) is 0 Å². The van der Waals surface area contributed by atoms with Gasteiger partial charge in [-0.15, -0.1) is 0 Å². The highest BCUT2D eigenvalue weighted by Gasteiger charge is 2.13. The van der Waals surface area contributed by atoms with E-state index in [0.717, 1.165) is 44.3 Å². The molecule has 1 aromatic heterocycles. The van der Waals surface area contributed by atoms with Crippen molar-refractivity contribution in [2.45, 2.75) is 13.8 Å². The van der Waals surface area contributed by atoms with Gasteiger partial charge in [-0.05, 0) is 54.8 Å². The number of pyridine rings is 1. The molecule has 0 radical (unpaired) electrons. The van der Waals surface area contributed by atoms with E-state index in [1.165, 1.54) is 11.1 Å². The number of anilines is 2. The fourth-order valence-electron chi connectivity index (χ4n) is 3.20. The minimum absolute atomic E-state index is 0.758. The predicted molar refractivity (Wildman–Crippen MR) is 103 cm³/mol. The van der Waals surface area contributed by atoms with Crippen molar-refractivity contribution in [3.05, 3.63) is 65.7 Å². The Hall–Kier alpha value is -3.07. The number of aromatic nitrogens is 1. The van der Waals surface area contributed by atoms with E-state index in [9.17, 15) is 0 Å². The second-order valence-corrected chi connectivity index (χ2v) is 6.30. The Labute approximate surface area is 140 Å². The van der Waals surface area contributed by atoms with E-state index in [-0.39, 0.29) is 0 Å². The van der Waals surface area contributed by atoms with E-state index in [4.69, 9.17) is 16.5 Å². The third-order valence-corrected chi connectivity index (χ3v) is 4.61. The van der Waals surface area contributed by atoms with Crippen LogP contribution in [0.4, 0.5) is 11.4 Å². The van der Waals surface area contributed by atoms with Gasteiger partial charge in [0.2, 0.25) is 0 Å². The Morgan fingerprint density at radius 3 is 1.71 bits per heavy atom. The molecule has 1 heterocycles. The van der Waals surface area contributed by atoms with E-state index in [1.807, 2.05) is 32.0 Å². The summed E-state index contributed by atoms with van der Waals surface area (Å²) in [4.78, 5) is 4.81. The minimum atomic E-state index is 0.758. The Balaban J connectivity index is 2.25. The highest BCUT2D eigenvalue weighted by Crippen LogP contribution is 2.37. The number of nitrogens with two attached hydrogens (primary N) is 2. The van der Waals surface area contributed by atoms with Crippen molar-refractivity contribution in [3.8, 4) is 11.1 Å². The Bertz CT molecular complexity index is 1020. The van der Waals surface area contributed by atoms with Crippen LogP contribution in [-0.4, -0.2) is 4.98 Å². The van der Waals surface area contributed by atoms with Crippen molar-refractivity contribution in [1.29, 1.82) is 0 Å². The van der Waals surface area contributed by atoms with Crippen molar-refractivity contribution in [2.75, 3.05) is 11.5 Å². The van der Waals surface area contributed by atoms with E-state index in [0.29, 0.717) is 0 Å². The van der Waals surface area contributed by atoms with E-state index < -0.39 is 0 Å². The molecule has 0 unspecified atom stereocenters. The maximum absolute atomic E-state index is 6.11. The summed E-state index contributed by atoms with van der Waals surface area (Å²) in [5, 5.41) is 2.23. The first-order valence-electron chi connectivity index (χ1n) is 7.99. The lowest BCUT2D eigenvalue weighted by Crippen LogP contribution is -1.96. The Morgan fingerprint density at radius 2 is 1.21 bits per heavy atom. The number of nitrogen functional groups attached to an aromatic ring is 2. The molecule has 0 aliphatic heterocycles. The fourth-order valence-corrected chi connectivity index (χ4v) is 3.20. The Morgan fingerprint density at radius 1 is 0.708 bits per heavy atom. The van der Waals surface area contributed by atoms with Gasteiger partial charge < -0.3 is 11.5 Å². The summed E-state index contributed by atoms with van der Waals surface area (Å²) in [5.74, 6) is 0. The zero-order valence-electron chi connectivity index (χ0n) is 13.8. The second kappa shape index (κ2) is 5.24. The predicted octanol–water partition coefficient (Wildman–Crippen LogP) is 4.84. The molecule has 3 nitrogen and oxygen atoms in total. The first-order chi connectivity index (χ1) is 11.5. The molecule has 4 aromatic rings. The van der Waals surface area contributed by atoms with Crippen LogP contribution in [0.25, 0.3) is 32.9 Å². The number of benzene rings is 3. The normalized spacial score (nSPS) is 11.2. The molecule has 0 atom stereocenters. The van der Waals surface area contributed by atoms with Gasteiger partial charge in [-0.2, -0.15) is 0 Å². The lowest BCUT2D eigenvalue weighted by atomic mass is 9.94. The van der Waals surface area contributed by atoms with E-state index in [2.05, 4.69) is 36.4 Å². The number of hydrogen-bond acceptors (Lipinski definition) is 3. The van der Waals surface area contributed by atoms with Crippen LogP contribution >= 0.6 is 0 Å². The summed E-state index contributed by atoms with van der Waals surface area (Å²) in [6, 6.07) is 18.6. The average Bonchev–Trinajstić information content (AvgIpc) is 2.57. The molecule has 3 heteroatoms. The van der Waals surface area contributed by atoms with Crippen molar-refractivity contribution >= 4 is 33.2 Å². The molecule has 4 rings (SSSR count). The molecule has 3 aromatic carbocycles. The van der Waals surface area contributed by atoms with Crippen LogP contribution in [0.2, 0.25) is 0 Å². The van der Waals surface area contributed by atoms with Gasteiger partial charge in [0.15, 0.2) is 0 Å². The molecule has 0 saturated heterocycles. The monoisotopic (exact) mass is 313 g/mol. The summed E-state index contributed by atoms with van der Waals surface area (Å²) in [7, 11) is 0. The number of aryl methyl sites for hydroxylation is 2. The largest absolute Gasteiger partial charge is 0.398 e. The molecule has 24 heavy (non-hydrogen) atoms. The molecule has 0 saturated carbocycles. The Kier molecular flexibility index (Phi) is 3.17. The third-order valence-electron chi connectivity index (χ3n) is 4.61. The molecular weight excluding hydrogens is 294 g/mol. The maximum atomic E-state index is 6.11. The zero-order chi connectivity index (χ0) is 16.8. The van der Waals surface area contributed by atoms with Gasteiger partial charge in [-0.25, -0.2) is 4.98 Å². The summed E-state index contributed by atoms with van der Waals surface area (Å²) < 4.78 is 0. The zero-order valence-corrected chi connectivity index (χ0v) is 13.8. The molecule has 0 aliphatic carbocycles. The lowest BCUT2D eigenvalue weighted by molar-refractivity contribution is 1.43. The van der Waals surface area contributed by atoms with Crippen molar-refractivity contribution in [3.63, 3.8) is 0 Å². The second-order valence-electron chi connectivity index (χ2n) is 6.30.